The van der Waals surface area contributed by atoms with Gasteiger partial charge in [-0.05, 0) is 59.3 Å². The van der Waals surface area contributed by atoms with E-state index in [2.05, 4.69) is 21.2 Å². The Morgan fingerprint density at radius 3 is 2.71 bits per heavy atom. The largest absolute Gasteiger partial charge is 0.497 e. The lowest BCUT2D eigenvalue weighted by Gasteiger charge is -2.61. The van der Waals surface area contributed by atoms with E-state index in [-0.39, 0.29) is 11.4 Å². The summed E-state index contributed by atoms with van der Waals surface area (Å²) in [6.07, 6.45) is 3.46. The standard InChI is InChI=1S/C13H14BrNO2/c1-17-9-2-3-11(14)10(4-9)12(16)15-13-5-8(6-13)7-13/h2-4,8H,5-7H2,1H3,(H,15,16). The van der Waals surface area contributed by atoms with Crippen LogP contribution in [0.1, 0.15) is 29.6 Å². The fraction of sp³-hybridized carbons (Fsp3) is 0.462. The predicted octanol–water partition coefficient (Wildman–Crippen LogP) is 2.74. The SMILES string of the molecule is COc1ccc(Br)c(C(=O)NC23CC(C2)C3)c1. The number of hydrogen-bond donors (Lipinski definition) is 1. The highest BCUT2D eigenvalue weighted by Crippen LogP contribution is 2.57. The van der Waals surface area contributed by atoms with E-state index in [1.54, 1.807) is 13.2 Å². The summed E-state index contributed by atoms with van der Waals surface area (Å²) < 4.78 is 5.95. The predicted molar refractivity (Wildman–Crippen MR) is 68.2 cm³/mol. The third kappa shape index (κ3) is 1.75. The van der Waals surface area contributed by atoms with Gasteiger partial charge in [0.05, 0.1) is 12.7 Å². The smallest absolute Gasteiger partial charge is 0.252 e. The molecule has 90 valence electrons. The molecule has 1 N–H and O–H groups in total. The number of carbonyl (C=O) groups excluding carboxylic acids is 1. The maximum atomic E-state index is 12.2. The zero-order valence-electron chi connectivity index (χ0n) is 9.63. The molecule has 0 heterocycles. The number of benzene rings is 1. The molecule has 0 radical (unpaired) electrons. The van der Waals surface area contributed by atoms with Crippen molar-refractivity contribution < 1.29 is 9.53 Å². The number of ether oxygens (including phenoxy) is 1. The molecule has 0 unspecified atom stereocenters. The molecule has 1 aromatic rings. The van der Waals surface area contributed by atoms with Gasteiger partial charge in [-0.2, -0.15) is 0 Å². The van der Waals surface area contributed by atoms with Gasteiger partial charge in [0.2, 0.25) is 0 Å². The van der Waals surface area contributed by atoms with Gasteiger partial charge in [-0.25, -0.2) is 0 Å². The second kappa shape index (κ2) is 3.73. The Morgan fingerprint density at radius 2 is 2.18 bits per heavy atom. The average molecular weight is 296 g/mol. The molecule has 0 spiro atoms. The number of nitrogens with one attached hydrogen (secondary N) is 1. The molecule has 0 saturated heterocycles. The van der Waals surface area contributed by atoms with Crippen LogP contribution < -0.4 is 10.1 Å². The molecule has 3 aliphatic rings. The topological polar surface area (TPSA) is 38.3 Å². The summed E-state index contributed by atoms with van der Waals surface area (Å²) >= 11 is 3.40. The Balaban J connectivity index is 1.79. The number of amides is 1. The van der Waals surface area contributed by atoms with Crippen molar-refractivity contribution in [3.63, 3.8) is 0 Å². The van der Waals surface area contributed by atoms with Gasteiger partial charge in [-0.1, -0.05) is 0 Å². The minimum atomic E-state index is -0.00562. The molecule has 4 heteroatoms. The zero-order valence-corrected chi connectivity index (χ0v) is 11.2. The van der Waals surface area contributed by atoms with Crippen LogP contribution in [0.25, 0.3) is 0 Å². The quantitative estimate of drug-likeness (QED) is 0.931. The summed E-state index contributed by atoms with van der Waals surface area (Å²) in [6, 6.07) is 5.45. The van der Waals surface area contributed by atoms with Crippen molar-refractivity contribution in [3.8, 4) is 5.75 Å². The van der Waals surface area contributed by atoms with Gasteiger partial charge in [-0.3, -0.25) is 4.79 Å². The van der Waals surface area contributed by atoms with Crippen LogP contribution in [0.15, 0.2) is 22.7 Å². The summed E-state index contributed by atoms with van der Waals surface area (Å²) in [5.41, 5.74) is 0.763. The van der Waals surface area contributed by atoms with E-state index < -0.39 is 0 Å². The number of hydrogen-bond acceptors (Lipinski definition) is 2. The first-order chi connectivity index (χ1) is 8.12. The molecule has 1 amide bonds. The van der Waals surface area contributed by atoms with Crippen molar-refractivity contribution >= 4 is 21.8 Å². The Morgan fingerprint density at radius 1 is 1.47 bits per heavy atom. The summed E-state index contributed by atoms with van der Waals surface area (Å²) in [7, 11) is 1.60. The van der Waals surface area contributed by atoms with Gasteiger partial charge in [0.1, 0.15) is 5.75 Å². The van der Waals surface area contributed by atoms with Crippen molar-refractivity contribution in [2.75, 3.05) is 7.11 Å². The molecule has 2 bridgehead atoms. The number of methoxy groups -OCH3 is 1. The van der Waals surface area contributed by atoms with Crippen molar-refractivity contribution in [2.24, 2.45) is 5.92 Å². The summed E-state index contributed by atoms with van der Waals surface area (Å²) in [6.45, 7) is 0. The summed E-state index contributed by atoms with van der Waals surface area (Å²) in [5, 5.41) is 3.14. The van der Waals surface area contributed by atoms with Crippen LogP contribution in [0.3, 0.4) is 0 Å². The van der Waals surface area contributed by atoms with Gasteiger partial charge in [0.15, 0.2) is 0 Å². The zero-order chi connectivity index (χ0) is 12.0. The molecule has 3 saturated carbocycles. The fourth-order valence-corrected chi connectivity index (χ4v) is 3.17. The van der Waals surface area contributed by atoms with Gasteiger partial charge in [0, 0.05) is 10.0 Å². The average Bonchev–Trinajstić information content (AvgIpc) is 2.22. The number of carbonyl (C=O) groups is 1. The molecule has 1 aromatic carbocycles. The molecule has 3 nitrogen and oxygen atoms in total. The van der Waals surface area contributed by atoms with E-state index >= 15 is 0 Å². The van der Waals surface area contributed by atoms with Crippen LogP contribution in [-0.4, -0.2) is 18.6 Å². The number of halogens is 1. The van der Waals surface area contributed by atoms with E-state index in [1.165, 1.54) is 0 Å². The molecule has 0 aromatic heterocycles. The van der Waals surface area contributed by atoms with Crippen molar-refractivity contribution in [2.45, 2.75) is 24.8 Å². The van der Waals surface area contributed by atoms with E-state index in [1.807, 2.05) is 12.1 Å². The minimum Gasteiger partial charge on any atom is -0.497 e. The second-order valence-electron chi connectivity index (χ2n) is 5.06. The highest BCUT2D eigenvalue weighted by Gasteiger charge is 2.57. The molecular weight excluding hydrogens is 282 g/mol. The van der Waals surface area contributed by atoms with Gasteiger partial charge in [-0.15, -0.1) is 0 Å². The lowest BCUT2D eigenvalue weighted by atomic mass is 9.50. The first kappa shape index (κ1) is 11.1. The molecule has 3 fully saturated rings. The normalized spacial score (nSPS) is 28.9. The number of rotatable bonds is 3. The molecule has 17 heavy (non-hydrogen) atoms. The lowest BCUT2D eigenvalue weighted by Crippen LogP contribution is -2.68. The fourth-order valence-electron chi connectivity index (χ4n) is 2.75. The van der Waals surface area contributed by atoms with Crippen LogP contribution in [0, 0.1) is 5.92 Å². The van der Waals surface area contributed by atoms with Crippen LogP contribution in [-0.2, 0) is 0 Å². The first-order valence-electron chi connectivity index (χ1n) is 5.78. The highest BCUT2D eigenvalue weighted by molar-refractivity contribution is 9.10. The van der Waals surface area contributed by atoms with Crippen LogP contribution in [0.4, 0.5) is 0 Å². The molecule has 4 rings (SSSR count). The Labute approximate surface area is 109 Å². The Bertz CT molecular complexity index is 469. The van der Waals surface area contributed by atoms with E-state index in [0.29, 0.717) is 11.3 Å². The molecule has 3 aliphatic carbocycles. The van der Waals surface area contributed by atoms with Gasteiger partial charge in [0.25, 0.3) is 5.91 Å². The van der Waals surface area contributed by atoms with Crippen LogP contribution in [0.2, 0.25) is 0 Å². The second-order valence-corrected chi connectivity index (χ2v) is 5.91. The summed E-state index contributed by atoms with van der Waals surface area (Å²) in [5.74, 6) is 1.56. The highest BCUT2D eigenvalue weighted by atomic mass is 79.9. The maximum Gasteiger partial charge on any atom is 0.252 e. The van der Waals surface area contributed by atoms with E-state index in [9.17, 15) is 4.79 Å². The van der Waals surface area contributed by atoms with Crippen molar-refractivity contribution in [3.05, 3.63) is 28.2 Å². The minimum absolute atomic E-state index is 0.00562. The summed E-state index contributed by atoms with van der Waals surface area (Å²) in [4.78, 5) is 12.2. The third-order valence-electron chi connectivity index (χ3n) is 3.84. The van der Waals surface area contributed by atoms with Gasteiger partial charge < -0.3 is 10.1 Å². The van der Waals surface area contributed by atoms with Crippen LogP contribution in [0.5, 0.6) is 5.75 Å². The molecule has 0 atom stereocenters. The van der Waals surface area contributed by atoms with E-state index in [0.717, 1.165) is 29.7 Å². The molecular formula is C13H14BrNO2. The lowest BCUT2D eigenvalue weighted by molar-refractivity contribution is -0.0438. The van der Waals surface area contributed by atoms with Crippen molar-refractivity contribution in [1.82, 2.24) is 5.32 Å². The maximum absolute atomic E-state index is 12.2. The first-order valence-corrected chi connectivity index (χ1v) is 6.57. The Kier molecular flexibility index (Phi) is 2.43. The monoisotopic (exact) mass is 295 g/mol. The Hall–Kier alpha value is -1.03. The van der Waals surface area contributed by atoms with Crippen molar-refractivity contribution in [1.29, 1.82) is 0 Å². The van der Waals surface area contributed by atoms with E-state index in [4.69, 9.17) is 4.74 Å². The van der Waals surface area contributed by atoms with Gasteiger partial charge >= 0.3 is 0 Å². The van der Waals surface area contributed by atoms with Crippen LogP contribution >= 0.6 is 15.9 Å². The molecule has 0 aliphatic heterocycles. The third-order valence-corrected chi connectivity index (χ3v) is 4.53.